The molecule has 6 aromatic rings. The second-order valence-corrected chi connectivity index (χ2v) is 25.8. The van der Waals surface area contributed by atoms with Gasteiger partial charge in [-0.1, -0.05) is 137 Å². The summed E-state index contributed by atoms with van der Waals surface area (Å²) in [7, 11) is 5.19. The molecule has 101 heavy (non-hydrogen) atoms. The van der Waals surface area contributed by atoms with Crippen LogP contribution in [0.5, 0.6) is 23.0 Å². The molecule has 0 bridgehead atoms. The standard InChI is InChI=1S/C44H61N2O9P.C35H44O8.2CH4/c1-33(2)46(34(3)4)56(53-32-16-29-45)52-31-15-20-43(55-36(6)48)42(54-35(5)47)19-13-10-14-30-51-44(37-17-11-9-12-18-37,38-21-25-40(49-7)26-22-38)39-23-27-41(50-8)28-24-39;1-26(37)42-33(34(15-11-24-36)43-27(2)38)14-9-6-10-25-41-35(28-12-7-5-8-13-28,29-16-20-31(39-3)21-17-29)30-18-22-32(40-4)23-19-30;;/h9,11-12,17-18,21-28,33-34,42-43H,10,13-16,19-20,30-32H2,1-8H3;5,7-8,12-13,16-23,33-34,36H,6,9-11,14-15,24-25H2,1-4H3;2*1H4. The molecule has 5 unspecified atom stereocenters. The number of unbranched alkanes of at least 4 members (excludes halogenated alkanes) is 4. The van der Waals surface area contributed by atoms with E-state index < -0.39 is 68.0 Å². The van der Waals surface area contributed by atoms with Crippen molar-refractivity contribution >= 4 is 32.4 Å². The molecule has 0 aliphatic rings. The lowest BCUT2D eigenvalue weighted by Gasteiger charge is -2.36. The van der Waals surface area contributed by atoms with Crippen molar-refractivity contribution in [2.45, 2.75) is 201 Å². The van der Waals surface area contributed by atoms with Crippen LogP contribution in [0.3, 0.4) is 0 Å². The molecule has 1 N–H and O–H groups in total. The monoisotopic (exact) mass is 1420 g/mol. The van der Waals surface area contributed by atoms with Crippen LogP contribution in [0.1, 0.15) is 187 Å². The molecular weight excluding hydrogens is 1300 g/mol. The molecule has 0 fully saturated rings. The minimum Gasteiger partial charge on any atom is -0.497 e. The maximum Gasteiger partial charge on any atom is 0.303 e. The van der Waals surface area contributed by atoms with Crippen LogP contribution in [0.2, 0.25) is 0 Å². The summed E-state index contributed by atoms with van der Waals surface area (Å²) < 4.78 is 72.6. The average Bonchev–Trinajstić information content (AvgIpc) is 0.763. The highest BCUT2D eigenvalue weighted by Crippen LogP contribution is 2.47. The molecule has 6 rings (SSSR count). The number of methoxy groups -OCH3 is 4. The Bertz CT molecular complexity index is 3190. The zero-order chi connectivity index (χ0) is 72.0. The smallest absolute Gasteiger partial charge is 0.303 e. The Morgan fingerprint density at radius 2 is 0.693 bits per heavy atom. The van der Waals surface area contributed by atoms with Crippen molar-refractivity contribution in [3.8, 4) is 29.1 Å². The Labute approximate surface area is 603 Å². The van der Waals surface area contributed by atoms with Crippen LogP contribution < -0.4 is 18.9 Å². The number of hydrogen-bond acceptors (Lipinski definition) is 19. The lowest BCUT2D eigenvalue weighted by molar-refractivity contribution is -0.166. The van der Waals surface area contributed by atoms with Gasteiger partial charge in [-0.2, -0.15) is 5.26 Å². The Hall–Kier alpha value is -7.92. The highest BCUT2D eigenvalue weighted by atomic mass is 31.2. The third kappa shape index (κ3) is 27.8. The van der Waals surface area contributed by atoms with Crippen molar-refractivity contribution in [1.82, 2.24) is 4.67 Å². The van der Waals surface area contributed by atoms with Gasteiger partial charge in [-0.15, -0.1) is 0 Å². The predicted molar refractivity (Wildman–Crippen MR) is 396 cm³/mol. The Kier molecular flexibility index (Phi) is 40.9. The van der Waals surface area contributed by atoms with Crippen molar-refractivity contribution in [2.75, 3.05) is 61.5 Å². The lowest BCUT2D eigenvalue weighted by atomic mass is 9.80. The molecule has 6 aromatic carbocycles. The number of carbonyl (C=O) groups is 4. The van der Waals surface area contributed by atoms with Crippen LogP contribution in [0.15, 0.2) is 158 Å². The predicted octanol–water partition coefficient (Wildman–Crippen LogP) is 17.0. The van der Waals surface area contributed by atoms with E-state index in [0.717, 1.165) is 94.9 Å². The van der Waals surface area contributed by atoms with Crippen molar-refractivity contribution in [3.05, 3.63) is 191 Å². The second-order valence-electron chi connectivity index (χ2n) is 24.4. The molecule has 0 aromatic heterocycles. The van der Waals surface area contributed by atoms with E-state index in [1.807, 2.05) is 133 Å². The Morgan fingerprint density at radius 1 is 0.406 bits per heavy atom. The summed E-state index contributed by atoms with van der Waals surface area (Å²) in [4.78, 5) is 48.0. The van der Waals surface area contributed by atoms with Crippen LogP contribution in [-0.4, -0.2) is 132 Å². The van der Waals surface area contributed by atoms with Crippen LogP contribution >= 0.6 is 8.53 Å². The number of nitrogens with zero attached hydrogens (tertiary/aromatic N) is 2. The van der Waals surface area contributed by atoms with Gasteiger partial charge in [-0.25, -0.2) is 4.67 Å². The van der Waals surface area contributed by atoms with Crippen LogP contribution in [-0.2, 0) is 67.8 Å². The number of carbonyl (C=O) groups excluding carboxylic acids is 4. The van der Waals surface area contributed by atoms with Gasteiger partial charge in [0.15, 0.2) is 0 Å². The first-order valence-electron chi connectivity index (χ1n) is 34.3. The number of benzene rings is 6. The number of ether oxygens (including phenoxy) is 10. The third-order valence-corrected chi connectivity index (χ3v) is 18.6. The van der Waals surface area contributed by atoms with Gasteiger partial charge in [0, 0.05) is 59.6 Å². The second kappa shape index (κ2) is 47.3. The number of rotatable bonds is 44. The molecule has 0 spiro atoms. The van der Waals surface area contributed by atoms with Crippen molar-refractivity contribution in [3.63, 3.8) is 0 Å². The number of aliphatic hydroxyl groups is 1. The van der Waals surface area contributed by atoms with E-state index in [2.05, 4.69) is 62.7 Å². The van der Waals surface area contributed by atoms with Gasteiger partial charge in [0.25, 0.3) is 8.53 Å². The highest BCUT2D eigenvalue weighted by Gasteiger charge is 2.40. The zero-order valence-corrected chi connectivity index (χ0v) is 60.9. The quantitative estimate of drug-likeness (QED) is 0.0123. The molecule has 554 valence electrons. The fourth-order valence-corrected chi connectivity index (χ4v) is 13.6. The summed E-state index contributed by atoms with van der Waals surface area (Å²) in [6.07, 6.45) is 5.28. The molecule has 0 saturated carbocycles. The first kappa shape index (κ1) is 87.3. The van der Waals surface area contributed by atoms with Gasteiger partial charge in [-0.05, 0) is 174 Å². The lowest BCUT2D eigenvalue weighted by Crippen LogP contribution is -2.35. The van der Waals surface area contributed by atoms with Gasteiger partial charge < -0.3 is 61.5 Å². The fourth-order valence-electron chi connectivity index (χ4n) is 12.0. The molecule has 0 saturated heterocycles. The van der Waals surface area contributed by atoms with Gasteiger partial charge >= 0.3 is 23.9 Å². The SMILES string of the molecule is C.C.COc1ccc(C(OCCCCCC(OC(C)=O)C(CCCO)OC(C)=O)(c2ccccc2)c2ccc(OC)cc2)cc1.COc1ccc(C(OCCCCCC(OC(C)=O)C(CCCOP(OCCC#N)N(C(C)C)C(C)C)OC(C)=O)(c2ccccc2)c2ccc(OC)cc2)cc1. The number of aliphatic hydroxyl groups excluding tert-OH is 1. The average molecular weight is 1420 g/mol. The summed E-state index contributed by atoms with van der Waals surface area (Å²) in [5, 5.41) is 18.3. The van der Waals surface area contributed by atoms with E-state index in [0.29, 0.717) is 58.3 Å². The van der Waals surface area contributed by atoms with Crippen LogP contribution in [0, 0.1) is 11.3 Å². The Morgan fingerprint density at radius 3 is 0.970 bits per heavy atom. The normalized spacial score (nSPS) is 12.7. The van der Waals surface area contributed by atoms with Gasteiger partial charge in [0.05, 0.1) is 54.1 Å². The van der Waals surface area contributed by atoms with Crippen molar-refractivity contribution in [1.29, 1.82) is 5.26 Å². The van der Waals surface area contributed by atoms with Crippen LogP contribution in [0.25, 0.3) is 0 Å². The summed E-state index contributed by atoms with van der Waals surface area (Å²) in [6, 6.07) is 54.5. The Balaban J connectivity index is 0.000000532. The van der Waals surface area contributed by atoms with E-state index in [4.69, 9.17) is 61.7 Å². The van der Waals surface area contributed by atoms with Gasteiger partial charge in [-0.3, -0.25) is 19.2 Å². The molecule has 0 aliphatic carbocycles. The molecule has 0 heterocycles. The number of hydrogen-bond donors (Lipinski definition) is 1. The molecule has 20 heteroatoms. The molecule has 0 radical (unpaired) electrons. The molecule has 0 amide bonds. The van der Waals surface area contributed by atoms with E-state index in [-0.39, 0.29) is 46.6 Å². The van der Waals surface area contributed by atoms with Gasteiger partial charge in [0.2, 0.25) is 0 Å². The summed E-state index contributed by atoms with van der Waals surface area (Å²) in [6.45, 7) is 15.2. The highest BCUT2D eigenvalue weighted by molar-refractivity contribution is 7.44. The number of nitriles is 1. The summed E-state index contributed by atoms with van der Waals surface area (Å²) in [5.74, 6) is 1.28. The zero-order valence-electron chi connectivity index (χ0n) is 60.0. The number of esters is 4. The van der Waals surface area contributed by atoms with E-state index >= 15 is 0 Å². The van der Waals surface area contributed by atoms with Crippen molar-refractivity contribution < 1.29 is 80.7 Å². The van der Waals surface area contributed by atoms with E-state index in [9.17, 15) is 24.3 Å². The summed E-state index contributed by atoms with van der Waals surface area (Å²) >= 11 is 0. The minimum absolute atomic E-state index is 0. The van der Waals surface area contributed by atoms with Crippen LogP contribution in [0.4, 0.5) is 0 Å². The largest absolute Gasteiger partial charge is 0.497 e. The maximum absolute atomic E-state index is 12.3. The van der Waals surface area contributed by atoms with E-state index in [1.165, 1.54) is 27.7 Å². The van der Waals surface area contributed by atoms with Crippen molar-refractivity contribution in [2.24, 2.45) is 0 Å². The first-order chi connectivity index (χ1) is 47.8. The molecule has 0 aliphatic heterocycles. The maximum atomic E-state index is 12.3. The third-order valence-electron chi connectivity index (χ3n) is 16.5. The topological polar surface area (TPSA) is 226 Å². The summed E-state index contributed by atoms with van der Waals surface area (Å²) in [5.41, 5.74) is 4.03. The minimum atomic E-state index is -1.40. The van der Waals surface area contributed by atoms with Gasteiger partial charge in [0.1, 0.15) is 58.6 Å². The van der Waals surface area contributed by atoms with E-state index in [1.54, 1.807) is 28.4 Å². The molecule has 5 atom stereocenters. The molecular formula is C81H113N2O17P. The molecule has 19 nitrogen and oxygen atoms in total. The fraction of sp³-hybridized carbons (Fsp3) is 0.494. The first-order valence-corrected chi connectivity index (χ1v) is 35.4.